The Labute approximate surface area is 153 Å². The van der Waals surface area contributed by atoms with Crippen molar-refractivity contribution in [1.29, 1.82) is 0 Å². The Balaban J connectivity index is 2.08. The van der Waals surface area contributed by atoms with Crippen LogP contribution in [0.2, 0.25) is 0 Å². The van der Waals surface area contributed by atoms with Gasteiger partial charge in [-0.3, -0.25) is 9.59 Å². The first-order chi connectivity index (χ1) is 12.5. The number of hydrogen-bond donors (Lipinski definition) is 2. The average Bonchev–Trinajstić information content (AvgIpc) is 2.63. The summed E-state index contributed by atoms with van der Waals surface area (Å²) in [7, 11) is 1.59. The number of carbonyl (C=O) groups excluding carboxylic acids is 2. The van der Waals surface area contributed by atoms with E-state index >= 15 is 0 Å². The van der Waals surface area contributed by atoms with E-state index in [1.807, 2.05) is 6.92 Å². The maximum Gasteiger partial charge on any atom is 0.255 e. The average molecular weight is 356 g/mol. The fourth-order valence-corrected chi connectivity index (χ4v) is 2.40. The minimum Gasteiger partial charge on any atom is -0.496 e. The number of methoxy groups -OCH3 is 1. The predicted molar refractivity (Wildman–Crippen MR) is 102 cm³/mol. The van der Waals surface area contributed by atoms with Gasteiger partial charge in [-0.1, -0.05) is 6.92 Å². The lowest BCUT2D eigenvalue weighted by Gasteiger charge is -2.12. The molecule has 0 aliphatic carbocycles. The third-order valence-corrected chi connectivity index (χ3v) is 3.61. The number of benzene rings is 2. The Kier molecular flexibility index (Phi) is 7.17. The SMILES string of the molecule is CCCOCc1cc(C(=O)Nc2ccc(NC(C)=O)cc2)ccc1OC. The van der Waals surface area contributed by atoms with E-state index < -0.39 is 0 Å². The summed E-state index contributed by atoms with van der Waals surface area (Å²) in [6, 6.07) is 12.2. The number of nitrogens with one attached hydrogen (secondary N) is 2. The van der Waals surface area contributed by atoms with Crippen LogP contribution in [0.4, 0.5) is 11.4 Å². The first-order valence-electron chi connectivity index (χ1n) is 8.47. The summed E-state index contributed by atoms with van der Waals surface area (Å²) in [5.74, 6) is 0.326. The Morgan fingerprint density at radius 1 is 1.00 bits per heavy atom. The largest absolute Gasteiger partial charge is 0.496 e. The molecule has 26 heavy (non-hydrogen) atoms. The fourth-order valence-electron chi connectivity index (χ4n) is 2.40. The molecule has 0 heterocycles. The van der Waals surface area contributed by atoms with Crippen LogP contribution < -0.4 is 15.4 Å². The molecule has 0 radical (unpaired) electrons. The van der Waals surface area contributed by atoms with Crippen molar-refractivity contribution in [3.63, 3.8) is 0 Å². The van der Waals surface area contributed by atoms with E-state index in [9.17, 15) is 9.59 Å². The van der Waals surface area contributed by atoms with Crippen LogP contribution in [-0.2, 0) is 16.1 Å². The zero-order chi connectivity index (χ0) is 18.9. The smallest absolute Gasteiger partial charge is 0.255 e. The second-order valence-electron chi connectivity index (χ2n) is 5.79. The van der Waals surface area contributed by atoms with E-state index in [0.717, 1.165) is 12.0 Å². The summed E-state index contributed by atoms with van der Waals surface area (Å²) in [5.41, 5.74) is 2.67. The van der Waals surface area contributed by atoms with Crippen molar-refractivity contribution in [2.75, 3.05) is 24.4 Å². The van der Waals surface area contributed by atoms with Gasteiger partial charge >= 0.3 is 0 Å². The molecule has 0 aliphatic rings. The molecular weight excluding hydrogens is 332 g/mol. The maximum absolute atomic E-state index is 12.5. The monoisotopic (exact) mass is 356 g/mol. The number of rotatable bonds is 8. The summed E-state index contributed by atoms with van der Waals surface area (Å²) in [6.45, 7) is 4.53. The molecular formula is C20H24N2O4. The number of ether oxygens (including phenoxy) is 2. The molecule has 0 atom stereocenters. The van der Waals surface area contributed by atoms with Crippen LogP contribution in [-0.4, -0.2) is 25.5 Å². The second kappa shape index (κ2) is 9.58. The molecule has 0 saturated heterocycles. The molecule has 0 fully saturated rings. The molecule has 0 aromatic heterocycles. The van der Waals surface area contributed by atoms with Gasteiger partial charge in [-0.15, -0.1) is 0 Å². The van der Waals surface area contributed by atoms with Crippen molar-refractivity contribution in [3.05, 3.63) is 53.6 Å². The molecule has 6 nitrogen and oxygen atoms in total. The molecule has 2 aromatic carbocycles. The van der Waals surface area contributed by atoms with Gasteiger partial charge in [-0.25, -0.2) is 0 Å². The standard InChI is InChI=1S/C20H24N2O4/c1-4-11-26-13-16-12-15(5-10-19(16)25-3)20(24)22-18-8-6-17(7-9-18)21-14(2)23/h5-10,12H,4,11,13H2,1-3H3,(H,21,23)(H,22,24). The number of carbonyl (C=O) groups is 2. The molecule has 0 aliphatic heterocycles. The van der Waals surface area contributed by atoms with Crippen molar-refractivity contribution in [1.82, 2.24) is 0 Å². The molecule has 2 rings (SSSR count). The first kappa shape index (κ1) is 19.5. The Morgan fingerprint density at radius 3 is 2.23 bits per heavy atom. The normalized spacial score (nSPS) is 10.3. The van der Waals surface area contributed by atoms with Crippen LogP contribution in [0.25, 0.3) is 0 Å². The van der Waals surface area contributed by atoms with Gasteiger partial charge in [0.25, 0.3) is 5.91 Å². The van der Waals surface area contributed by atoms with E-state index in [0.29, 0.717) is 35.9 Å². The molecule has 0 spiro atoms. The second-order valence-corrected chi connectivity index (χ2v) is 5.79. The number of anilines is 2. The summed E-state index contributed by atoms with van der Waals surface area (Å²) in [5, 5.41) is 5.52. The van der Waals surface area contributed by atoms with Crippen LogP contribution in [0.15, 0.2) is 42.5 Å². The van der Waals surface area contributed by atoms with Gasteiger partial charge in [0, 0.05) is 36.0 Å². The molecule has 0 bridgehead atoms. The third-order valence-electron chi connectivity index (χ3n) is 3.61. The molecule has 2 amide bonds. The van der Waals surface area contributed by atoms with E-state index in [2.05, 4.69) is 10.6 Å². The summed E-state index contributed by atoms with van der Waals surface area (Å²) in [4.78, 5) is 23.5. The zero-order valence-electron chi connectivity index (χ0n) is 15.3. The van der Waals surface area contributed by atoms with Crippen LogP contribution in [0.1, 0.15) is 36.2 Å². The Bertz CT molecular complexity index is 757. The molecule has 2 aromatic rings. The van der Waals surface area contributed by atoms with E-state index in [4.69, 9.17) is 9.47 Å². The highest BCUT2D eigenvalue weighted by Crippen LogP contribution is 2.22. The van der Waals surface area contributed by atoms with E-state index in [1.165, 1.54) is 6.92 Å². The lowest BCUT2D eigenvalue weighted by Crippen LogP contribution is -2.13. The van der Waals surface area contributed by atoms with Crippen molar-refractivity contribution in [2.24, 2.45) is 0 Å². The minimum atomic E-state index is -0.225. The van der Waals surface area contributed by atoms with Crippen LogP contribution >= 0.6 is 0 Å². The van der Waals surface area contributed by atoms with Crippen molar-refractivity contribution in [3.8, 4) is 5.75 Å². The predicted octanol–water partition coefficient (Wildman–Crippen LogP) is 3.83. The minimum absolute atomic E-state index is 0.141. The van der Waals surface area contributed by atoms with Gasteiger partial charge in [-0.05, 0) is 48.9 Å². The highest BCUT2D eigenvalue weighted by atomic mass is 16.5. The van der Waals surface area contributed by atoms with E-state index in [1.54, 1.807) is 49.6 Å². The molecule has 2 N–H and O–H groups in total. The maximum atomic E-state index is 12.5. The first-order valence-corrected chi connectivity index (χ1v) is 8.47. The number of amides is 2. The highest BCUT2D eigenvalue weighted by molar-refractivity contribution is 6.04. The van der Waals surface area contributed by atoms with E-state index in [-0.39, 0.29) is 11.8 Å². The van der Waals surface area contributed by atoms with Crippen LogP contribution in [0.3, 0.4) is 0 Å². The third kappa shape index (κ3) is 5.60. The lowest BCUT2D eigenvalue weighted by molar-refractivity contribution is -0.114. The van der Waals surface area contributed by atoms with Gasteiger partial charge < -0.3 is 20.1 Å². The van der Waals surface area contributed by atoms with Gasteiger partial charge in [0.05, 0.1) is 13.7 Å². The van der Waals surface area contributed by atoms with Gasteiger partial charge in [0.2, 0.25) is 5.91 Å². The van der Waals surface area contributed by atoms with Crippen LogP contribution in [0, 0.1) is 0 Å². The molecule has 6 heteroatoms. The zero-order valence-corrected chi connectivity index (χ0v) is 15.3. The highest BCUT2D eigenvalue weighted by Gasteiger charge is 2.11. The summed E-state index contributed by atoms with van der Waals surface area (Å²) < 4.78 is 10.9. The van der Waals surface area contributed by atoms with Gasteiger partial charge in [-0.2, -0.15) is 0 Å². The fraction of sp³-hybridized carbons (Fsp3) is 0.300. The van der Waals surface area contributed by atoms with Gasteiger partial charge in [0.15, 0.2) is 0 Å². The van der Waals surface area contributed by atoms with Gasteiger partial charge in [0.1, 0.15) is 5.75 Å². The molecule has 0 saturated carbocycles. The van der Waals surface area contributed by atoms with Crippen LogP contribution in [0.5, 0.6) is 5.75 Å². The Morgan fingerprint density at radius 2 is 1.65 bits per heavy atom. The quantitative estimate of drug-likeness (QED) is 0.705. The topological polar surface area (TPSA) is 76.7 Å². The number of hydrogen-bond acceptors (Lipinski definition) is 4. The van der Waals surface area contributed by atoms with Crippen molar-refractivity contribution >= 4 is 23.2 Å². The summed E-state index contributed by atoms with van der Waals surface area (Å²) in [6.07, 6.45) is 0.928. The lowest BCUT2D eigenvalue weighted by atomic mass is 10.1. The molecule has 138 valence electrons. The molecule has 0 unspecified atom stereocenters. The van der Waals surface area contributed by atoms with Crippen molar-refractivity contribution in [2.45, 2.75) is 26.9 Å². The summed E-state index contributed by atoms with van der Waals surface area (Å²) >= 11 is 0. The Hall–Kier alpha value is -2.86. The van der Waals surface area contributed by atoms with Crippen molar-refractivity contribution < 1.29 is 19.1 Å².